The predicted molar refractivity (Wildman–Crippen MR) is 62.7 cm³/mol. The second-order valence-corrected chi connectivity index (χ2v) is 4.17. The Bertz CT molecular complexity index is 486. The van der Waals surface area contributed by atoms with Crippen molar-refractivity contribution in [1.82, 2.24) is 19.9 Å². The Balaban J connectivity index is 2.00. The molecule has 0 radical (unpaired) electrons. The van der Waals surface area contributed by atoms with E-state index in [1.165, 1.54) is 6.42 Å². The van der Waals surface area contributed by atoms with E-state index in [9.17, 15) is 0 Å². The molecule has 1 saturated heterocycles. The number of fused-ring (bicyclic) bond motifs is 1. The zero-order chi connectivity index (χ0) is 11.0. The Hall–Kier alpha value is -1.62. The van der Waals surface area contributed by atoms with Gasteiger partial charge in [-0.2, -0.15) is 5.10 Å². The molecule has 0 bridgehead atoms. The summed E-state index contributed by atoms with van der Waals surface area (Å²) in [6, 6.07) is 2.54. The number of nitrogens with zero attached hydrogens (tertiary/aromatic N) is 4. The van der Waals surface area contributed by atoms with Gasteiger partial charge in [0.25, 0.3) is 0 Å². The predicted octanol–water partition coefficient (Wildman–Crippen LogP) is 0.527. The van der Waals surface area contributed by atoms with E-state index in [4.69, 9.17) is 0 Å². The van der Waals surface area contributed by atoms with Gasteiger partial charge in [-0.25, -0.2) is 9.50 Å². The first-order chi connectivity index (χ1) is 7.86. The molecule has 2 aromatic heterocycles. The van der Waals surface area contributed by atoms with Crippen LogP contribution in [0.2, 0.25) is 0 Å². The summed E-state index contributed by atoms with van der Waals surface area (Å²) in [7, 11) is 2.10. The molecular formula is C11H15N5. The molecule has 5 nitrogen and oxygen atoms in total. The summed E-state index contributed by atoms with van der Waals surface area (Å²) in [5, 5.41) is 7.60. The molecule has 1 N–H and O–H groups in total. The molecule has 3 rings (SSSR count). The van der Waals surface area contributed by atoms with Crippen LogP contribution >= 0.6 is 0 Å². The molecule has 1 atom stereocenters. The fourth-order valence-corrected chi connectivity index (χ4v) is 2.26. The van der Waals surface area contributed by atoms with E-state index in [-0.39, 0.29) is 0 Å². The van der Waals surface area contributed by atoms with Crippen molar-refractivity contribution in [1.29, 1.82) is 0 Å². The molecular weight excluding hydrogens is 202 g/mol. The summed E-state index contributed by atoms with van der Waals surface area (Å²) in [6.07, 6.45) is 6.66. The summed E-state index contributed by atoms with van der Waals surface area (Å²) in [5.41, 5.74) is 1.07. The summed E-state index contributed by atoms with van der Waals surface area (Å²) < 4.78 is 1.86. The molecule has 0 amide bonds. The van der Waals surface area contributed by atoms with Crippen molar-refractivity contribution in [2.24, 2.45) is 0 Å². The topological polar surface area (TPSA) is 45.5 Å². The maximum absolute atomic E-state index is 4.46. The van der Waals surface area contributed by atoms with Gasteiger partial charge in [-0.15, -0.1) is 0 Å². The van der Waals surface area contributed by atoms with Crippen LogP contribution in [0.4, 0.5) is 5.82 Å². The molecule has 2 aromatic rings. The maximum atomic E-state index is 4.46. The van der Waals surface area contributed by atoms with Crippen molar-refractivity contribution < 1.29 is 0 Å². The minimum atomic E-state index is 0.536. The normalized spacial score (nSPS) is 20.4. The zero-order valence-corrected chi connectivity index (χ0v) is 9.30. The van der Waals surface area contributed by atoms with Crippen LogP contribution in [0.1, 0.15) is 6.42 Å². The molecule has 1 aliphatic rings. The SMILES string of the molecule is CN(c1nccn2nccc12)C1CCNC1. The number of aromatic nitrogens is 3. The van der Waals surface area contributed by atoms with Crippen molar-refractivity contribution in [3.8, 4) is 0 Å². The van der Waals surface area contributed by atoms with Crippen molar-refractivity contribution in [2.75, 3.05) is 25.0 Å². The highest BCUT2D eigenvalue weighted by Gasteiger charge is 2.21. The van der Waals surface area contributed by atoms with Gasteiger partial charge in [0.1, 0.15) is 5.52 Å². The monoisotopic (exact) mass is 217 g/mol. The lowest BCUT2D eigenvalue weighted by Crippen LogP contribution is -2.34. The van der Waals surface area contributed by atoms with Crippen LogP contribution in [0, 0.1) is 0 Å². The molecule has 0 spiro atoms. The second kappa shape index (κ2) is 3.75. The summed E-state index contributed by atoms with van der Waals surface area (Å²) >= 11 is 0. The quantitative estimate of drug-likeness (QED) is 0.797. The molecule has 0 aromatic carbocycles. The largest absolute Gasteiger partial charge is 0.354 e. The van der Waals surface area contributed by atoms with Crippen molar-refractivity contribution in [3.05, 3.63) is 24.7 Å². The Kier molecular flexibility index (Phi) is 2.25. The van der Waals surface area contributed by atoms with E-state index >= 15 is 0 Å². The van der Waals surface area contributed by atoms with Crippen molar-refractivity contribution >= 4 is 11.3 Å². The van der Waals surface area contributed by atoms with E-state index in [1.807, 2.05) is 16.8 Å². The number of nitrogens with one attached hydrogen (secondary N) is 1. The third kappa shape index (κ3) is 1.44. The van der Waals surface area contributed by atoms with Gasteiger partial charge in [0.2, 0.25) is 0 Å². The lowest BCUT2D eigenvalue weighted by Gasteiger charge is -2.25. The van der Waals surface area contributed by atoms with Gasteiger partial charge in [0.05, 0.1) is 6.20 Å². The highest BCUT2D eigenvalue weighted by molar-refractivity contribution is 5.68. The molecule has 0 saturated carbocycles. The fourth-order valence-electron chi connectivity index (χ4n) is 2.26. The van der Waals surface area contributed by atoms with E-state index in [0.717, 1.165) is 24.4 Å². The van der Waals surface area contributed by atoms with E-state index in [1.54, 1.807) is 12.4 Å². The maximum Gasteiger partial charge on any atom is 0.154 e. The van der Waals surface area contributed by atoms with Crippen molar-refractivity contribution in [3.63, 3.8) is 0 Å². The lowest BCUT2D eigenvalue weighted by atomic mass is 10.2. The molecule has 16 heavy (non-hydrogen) atoms. The zero-order valence-electron chi connectivity index (χ0n) is 9.30. The highest BCUT2D eigenvalue weighted by Crippen LogP contribution is 2.20. The molecule has 84 valence electrons. The van der Waals surface area contributed by atoms with Crippen LogP contribution in [0.25, 0.3) is 5.52 Å². The number of hydrogen-bond acceptors (Lipinski definition) is 4. The summed E-state index contributed by atoms with van der Waals surface area (Å²) in [5.74, 6) is 1.01. The molecule has 5 heteroatoms. The lowest BCUT2D eigenvalue weighted by molar-refractivity contribution is 0.677. The van der Waals surface area contributed by atoms with Gasteiger partial charge in [-0.3, -0.25) is 0 Å². The number of likely N-dealkylation sites (N-methyl/N-ethyl adjacent to an activating group) is 1. The molecule has 0 aliphatic carbocycles. The minimum Gasteiger partial charge on any atom is -0.354 e. The average Bonchev–Trinajstić information content (AvgIpc) is 2.98. The standard InChI is InChI=1S/C11H15N5/c1-15(9-2-4-12-8-9)11-10-3-5-14-16(10)7-6-13-11/h3,5-7,9,12H,2,4,8H2,1H3. The molecule has 1 fully saturated rings. The van der Waals surface area contributed by atoms with Gasteiger partial charge in [-0.1, -0.05) is 0 Å². The third-order valence-electron chi connectivity index (χ3n) is 3.22. The molecule has 3 heterocycles. The average molecular weight is 217 g/mol. The Morgan fingerprint density at radius 1 is 1.50 bits per heavy atom. The fraction of sp³-hybridized carbons (Fsp3) is 0.455. The Morgan fingerprint density at radius 2 is 2.44 bits per heavy atom. The summed E-state index contributed by atoms with van der Waals surface area (Å²) in [6.45, 7) is 2.13. The van der Waals surface area contributed by atoms with E-state index in [2.05, 4.69) is 27.3 Å². The van der Waals surface area contributed by atoms with Gasteiger partial charge in [-0.05, 0) is 19.0 Å². The first-order valence-electron chi connectivity index (χ1n) is 5.58. The number of rotatable bonds is 2. The number of anilines is 1. The van der Waals surface area contributed by atoms with E-state index < -0.39 is 0 Å². The van der Waals surface area contributed by atoms with Crippen LogP contribution in [0.5, 0.6) is 0 Å². The second-order valence-electron chi connectivity index (χ2n) is 4.17. The van der Waals surface area contributed by atoms with Gasteiger partial charge in [0, 0.05) is 32.0 Å². The van der Waals surface area contributed by atoms with Crippen LogP contribution in [0.3, 0.4) is 0 Å². The van der Waals surface area contributed by atoms with Crippen molar-refractivity contribution in [2.45, 2.75) is 12.5 Å². The molecule has 1 unspecified atom stereocenters. The Morgan fingerprint density at radius 3 is 3.25 bits per heavy atom. The first kappa shape index (κ1) is 9.59. The van der Waals surface area contributed by atoms with Crippen LogP contribution in [0.15, 0.2) is 24.7 Å². The van der Waals surface area contributed by atoms with Crippen LogP contribution in [-0.4, -0.2) is 40.8 Å². The molecule has 1 aliphatic heterocycles. The van der Waals surface area contributed by atoms with Gasteiger partial charge in [0.15, 0.2) is 5.82 Å². The number of hydrogen-bond donors (Lipinski definition) is 1. The minimum absolute atomic E-state index is 0.536. The smallest absolute Gasteiger partial charge is 0.154 e. The van der Waals surface area contributed by atoms with Gasteiger partial charge >= 0.3 is 0 Å². The van der Waals surface area contributed by atoms with Crippen LogP contribution in [-0.2, 0) is 0 Å². The first-order valence-corrected chi connectivity index (χ1v) is 5.58. The van der Waals surface area contributed by atoms with Gasteiger partial charge < -0.3 is 10.2 Å². The third-order valence-corrected chi connectivity index (χ3v) is 3.22. The summed E-state index contributed by atoms with van der Waals surface area (Å²) in [4.78, 5) is 6.71. The Labute approximate surface area is 94.1 Å². The van der Waals surface area contributed by atoms with E-state index in [0.29, 0.717) is 6.04 Å². The van der Waals surface area contributed by atoms with Crippen LogP contribution < -0.4 is 10.2 Å². The highest BCUT2D eigenvalue weighted by atomic mass is 15.3.